The maximum Gasteiger partial charge on any atom is 0.305 e. The molecule has 162 valence electrons. The highest BCUT2D eigenvalue weighted by Gasteiger charge is 2.43. The summed E-state index contributed by atoms with van der Waals surface area (Å²) >= 11 is 0. The average Bonchev–Trinajstić information content (AvgIpc) is 2.97. The smallest absolute Gasteiger partial charge is 0.305 e. The van der Waals surface area contributed by atoms with Crippen molar-refractivity contribution in [3.63, 3.8) is 0 Å². The number of carbonyl (C=O) groups is 4. The number of ether oxygens (including phenoxy) is 2. The molecule has 0 unspecified atom stereocenters. The van der Waals surface area contributed by atoms with Crippen molar-refractivity contribution in [2.45, 2.75) is 26.3 Å². The molecule has 2 N–H and O–H groups in total. The van der Waals surface area contributed by atoms with Gasteiger partial charge in [0.15, 0.2) is 11.5 Å². The first-order valence-corrected chi connectivity index (χ1v) is 9.59. The number of methoxy groups -OCH3 is 1. The van der Waals surface area contributed by atoms with E-state index in [0.717, 1.165) is 4.90 Å². The molecule has 1 aliphatic heterocycles. The van der Waals surface area contributed by atoms with E-state index in [1.54, 1.807) is 31.2 Å². The molecule has 0 aliphatic carbocycles. The fraction of sp³-hybridized carbons (Fsp3) is 0.273. The van der Waals surface area contributed by atoms with Crippen LogP contribution in [-0.2, 0) is 9.59 Å². The van der Waals surface area contributed by atoms with Crippen LogP contribution in [-0.4, -0.2) is 47.4 Å². The first-order valence-electron chi connectivity index (χ1n) is 9.59. The van der Waals surface area contributed by atoms with E-state index in [1.165, 1.54) is 26.2 Å². The third kappa shape index (κ3) is 4.20. The first kappa shape index (κ1) is 21.8. The molecule has 0 saturated heterocycles. The fourth-order valence-corrected chi connectivity index (χ4v) is 3.57. The lowest BCUT2D eigenvalue weighted by Crippen LogP contribution is -2.35. The van der Waals surface area contributed by atoms with E-state index < -0.39 is 36.2 Å². The van der Waals surface area contributed by atoms with Crippen molar-refractivity contribution >= 4 is 29.4 Å². The predicted molar refractivity (Wildman–Crippen MR) is 110 cm³/mol. The largest absolute Gasteiger partial charge is 0.493 e. The Morgan fingerprint density at radius 2 is 1.87 bits per heavy atom. The SMILES string of the molecule is CCOc1cc([C@@H](CC(=O)O)N2C(=O)c3cccc(NC(C)=O)c3C2=O)ccc1OC. The molecule has 9 nitrogen and oxygen atoms in total. The highest BCUT2D eigenvalue weighted by atomic mass is 16.5. The van der Waals surface area contributed by atoms with Gasteiger partial charge in [-0.3, -0.25) is 24.1 Å². The summed E-state index contributed by atoms with van der Waals surface area (Å²) in [5.74, 6) is -2.08. The second-order valence-corrected chi connectivity index (χ2v) is 6.85. The molecule has 1 heterocycles. The molecule has 1 atom stereocenters. The van der Waals surface area contributed by atoms with Crippen LogP contribution in [0.1, 0.15) is 52.6 Å². The number of fused-ring (bicyclic) bond motifs is 1. The van der Waals surface area contributed by atoms with Gasteiger partial charge in [-0.25, -0.2) is 0 Å². The van der Waals surface area contributed by atoms with Crippen LogP contribution in [0.4, 0.5) is 5.69 Å². The zero-order chi connectivity index (χ0) is 22.7. The number of hydrogen-bond donors (Lipinski definition) is 2. The molecule has 31 heavy (non-hydrogen) atoms. The van der Waals surface area contributed by atoms with Crippen LogP contribution in [0.15, 0.2) is 36.4 Å². The molecule has 0 saturated carbocycles. The molecule has 3 amide bonds. The summed E-state index contributed by atoms with van der Waals surface area (Å²) in [4.78, 5) is 50.4. The van der Waals surface area contributed by atoms with E-state index in [2.05, 4.69) is 5.32 Å². The number of amides is 3. The lowest BCUT2D eigenvalue weighted by atomic mass is 10.0. The number of anilines is 1. The Hall–Kier alpha value is -3.88. The highest BCUT2D eigenvalue weighted by molar-refractivity contribution is 6.24. The summed E-state index contributed by atoms with van der Waals surface area (Å²) < 4.78 is 10.8. The molecule has 9 heteroatoms. The lowest BCUT2D eigenvalue weighted by molar-refractivity contribution is -0.138. The van der Waals surface area contributed by atoms with E-state index in [1.807, 2.05) is 0 Å². The Kier molecular flexibility index (Phi) is 6.24. The number of benzene rings is 2. The van der Waals surface area contributed by atoms with Crippen LogP contribution in [0.5, 0.6) is 11.5 Å². The van der Waals surface area contributed by atoms with Crippen molar-refractivity contribution in [3.05, 3.63) is 53.1 Å². The minimum atomic E-state index is -1.18. The summed E-state index contributed by atoms with van der Waals surface area (Å²) in [5, 5.41) is 12.0. The zero-order valence-corrected chi connectivity index (χ0v) is 17.3. The molecular formula is C22H22N2O7. The van der Waals surface area contributed by atoms with Gasteiger partial charge in [-0.1, -0.05) is 12.1 Å². The van der Waals surface area contributed by atoms with Crippen molar-refractivity contribution in [2.24, 2.45) is 0 Å². The van der Waals surface area contributed by atoms with Crippen LogP contribution in [0, 0.1) is 0 Å². The summed E-state index contributed by atoms with van der Waals surface area (Å²) in [6.45, 7) is 3.42. The van der Waals surface area contributed by atoms with E-state index in [4.69, 9.17) is 9.47 Å². The molecule has 0 radical (unpaired) electrons. The summed E-state index contributed by atoms with van der Waals surface area (Å²) in [7, 11) is 1.47. The van der Waals surface area contributed by atoms with Crippen LogP contribution in [0.3, 0.4) is 0 Å². The van der Waals surface area contributed by atoms with Crippen molar-refractivity contribution in [2.75, 3.05) is 19.0 Å². The quantitative estimate of drug-likeness (QED) is 0.622. The monoisotopic (exact) mass is 426 g/mol. The fourth-order valence-electron chi connectivity index (χ4n) is 3.57. The molecule has 2 aromatic rings. The first-order chi connectivity index (χ1) is 14.8. The predicted octanol–water partition coefficient (Wildman–Crippen LogP) is 2.86. The van der Waals surface area contributed by atoms with Gasteiger partial charge in [-0.15, -0.1) is 0 Å². The van der Waals surface area contributed by atoms with Gasteiger partial charge in [-0.2, -0.15) is 0 Å². The Bertz CT molecular complexity index is 1060. The third-order valence-electron chi connectivity index (χ3n) is 4.81. The van der Waals surface area contributed by atoms with Gasteiger partial charge in [0.05, 0.1) is 43.0 Å². The molecule has 0 aromatic heterocycles. The number of hydrogen-bond acceptors (Lipinski definition) is 6. The summed E-state index contributed by atoms with van der Waals surface area (Å²) in [5.41, 5.74) is 0.744. The molecular weight excluding hydrogens is 404 g/mol. The molecule has 2 aromatic carbocycles. The Balaban J connectivity index is 2.09. The van der Waals surface area contributed by atoms with Gasteiger partial charge < -0.3 is 19.9 Å². The van der Waals surface area contributed by atoms with Crippen molar-refractivity contribution in [3.8, 4) is 11.5 Å². The maximum atomic E-state index is 13.2. The second-order valence-electron chi connectivity index (χ2n) is 6.85. The minimum Gasteiger partial charge on any atom is -0.493 e. The highest BCUT2D eigenvalue weighted by Crippen LogP contribution is 2.39. The van der Waals surface area contributed by atoms with Crippen molar-refractivity contribution < 1.29 is 33.8 Å². The number of carbonyl (C=O) groups excluding carboxylic acids is 3. The summed E-state index contributed by atoms with van der Waals surface area (Å²) in [6, 6.07) is 8.20. The number of carboxylic acids is 1. The number of rotatable bonds is 8. The van der Waals surface area contributed by atoms with Crippen molar-refractivity contribution in [1.82, 2.24) is 4.90 Å². The molecule has 0 fully saturated rings. The van der Waals surface area contributed by atoms with Gasteiger partial charge >= 0.3 is 5.97 Å². The maximum absolute atomic E-state index is 13.2. The van der Waals surface area contributed by atoms with E-state index in [-0.39, 0.29) is 16.8 Å². The van der Waals surface area contributed by atoms with Gasteiger partial charge in [0, 0.05) is 6.92 Å². The second kappa shape index (κ2) is 8.86. The van der Waals surface area contributed by atoms with Gasteiger partial charge in [-0.05, 0) is 36.8 Å². The molecule has 3 rings (SSSR count). The lowest BCUT2D eigenvalue weighted by Gasteiger charge is -2.26. The van der Waals surface area contributed by atoms with E-state index in [9.17, 15) is 24.3 Å². The number of carboxylic acid groups (broad SMARTS) is 1. The molecule has 1 aliphatic rings. The average molecular weight is 426 g/mol. The third-order valence-corrected chi connectivity index (χ3v) is 4.81. The number of nitrogens with zero attached hydrogens (tertiary/aromatic N) is 1. The van der Waals surface area contributed by atoms with Crippen LogP contribution in [0.25, 0.3) is 0 Å². The minimum absolute atomic E-state index is 0.0385. The van der Waals surface area contributed by atoms with Crippen LogP contribution in [0.2, 0.25) is 0 Å². The van der Waals surface area contributed by atoms with Gasteiger partial charge in [0.1, 0.15) is 0 Å². The summed E-state index contributed by atoms with van der Waals surface area (Å²) in [6.07, 6.45) is -0.501. The van der Waals surface area contributed by atoms with E-state index in [0.29, 0.717) is 23.7 Å². The normalized spacial score (nSPS) is 13.6. The van der Waals surface area contributed by atoms with Gasteiger partial charge in [0.25, 0.3) is 11.8 Å². The zero-order valence-electron chi connectivity index (χ0n) is 17.3. The molecule has 0 bridgehead atoms. The molecule has 0 spiro atoms. The number of nitrogens with one attached hydrogen (secondary N) is 1. The van der Waals surface area contributed by atoms with Crippen LogP contribution < -0.4 is 14.8 Å². The van der Waals surface area contributed by atoms with Crippen molar-refractivity contribution in [1.29, 1.82) is 0 Å². The Labute approximate surface area is 178 Å². The number of aliphatic carboxylic acids is 1. The van der Waals surface area contributed by atoms with Gasteiger partial charge in [0.2, 0.25) is 5.91 Å². The van der Waals surface area contributed by atoms with Crippen LogP contribution >= 0.6 is 0 Å². The Morgan fingerprint density at radius 3 is 2.48 bits per heavy atom. The van der Waals surface area contributed by atoms with E-state index >= 15 is 0 Å². The standard InChI is InChI=1S/C22H22N2O7/c1-4-31-18-10-13(8-9-17(18)30-3)16(11-19(26)27)24-21(28)14-6-5-7-15(23-12(2)25)20(14)22(24)29/h5-10,16H,4,11H2,1-3H3,(H,23,25)(H,26,27)/t16-/m1/s1. The topological polar surface area (TPSA) is 122 Å². The Morgan fingerprint density at radius 1 is 1.13 bits per heavy atom. The number of imide groups is 1.